The topological polar surface area (TPSA) is 3.24 Å². The highest BCUT2D eigenvalue weighted by Gasteiger charge is 2.34. The number of rotatable bonds is 5. The Balaban J connectivity index is 1.05. The summed E-state index contributed by atoms with van der Waals surface area (Å²) in [4.78, 5) is 5.38. The predicted molar refractivity (Wildman–Crippen MR) is 241 cm³/mol. The van der Waals surface area contributed by atoms with Crippen LogP contribution >= 0.6 is 21.4 Å². The Morgan fingerprint density at radius 3 is 1.84 bits per heavy atom. The van der Waals surface area contributed by atoms with E-state index in [9.17, 15) is 0 Å². The number of anilines is 3. The van der Waals surface area contributed by atoms with Crippen molar-refractivity contribution in [2.75, 3.05) is 17.4 Å². The van der Waals surface area contributed by atoms with Gasteiger partial charge in [-0.1, -0.05) is 133 Å². The Morgan fingerprint density at radius 1 is 0.400 bits per heavy atom. The lowest BCUT2D eigenvalue weighted by Crippen LogP contribution is -2.10. The zero-order valence-electron chi connectivity index (χ0n) is 30.7. The molecule has 0 saturated heterocycles. The van der Waals surface area contributed by atoms with Crippen molar-refractivity contribution >= 4 is 80.1 Å². The molecule has 3 heteroatoms. The monoisotopic (exact) mass is 739 g/mol. The minimum absolute atomic E-state index is 1.14. The Labute approximate surface area is 327 Å². The first kappa shape index (κ1) is 32.3. The molecule has 0 unspecified atom stereocenters. The van der Waals surface area contributed by atoms with E-state index in [4.69, 9.17) is 0 Å². The van der Waals surface area contributed by atoms with Crippen LogP contribution in [0.25, 0.3) is 75.1 Å². The zero-order valence-corrected chi connectivity index (χ0v) is 32.3. The van der Waals surface area contributed by atoms with Crippen molar-refractivity contribution in [2.45, 2.75) is 9.79 Å². The van der Waals surface area contributed by atoms with Crippen molar-refractivity contribution in [1.82, 2.24) is 0 Å². The van der Waals surface area contributed by atoms with Crippen LogP contribution in [0.2, 0.25) is 0 Å². The average Bonchev–Trinajstić information content (AvgIpc) is 3.73. The molecule has 11 rings (SSSR count). The van der Waals surface area contributed by atoms with Crippen molar-refractivity contribution < 1.29 is 0 Å². The van der Waals surface area contributed by atoms with Crippen LogP contribution in [-0.2, 0) is 0 Å². The van der Waals surface area contributed by atoms with Gasteiger partial charge in [0.05, 0.1) is 0 Å². The first-order chi connectivity index (χ1) is 27.0. The molecule has 1 nitrogen and oxygen atoms in total. The van der Waals surface area contributed by atoms with Crippen LogP contribution in [0.15, 0.2) is 198 Å². The molecule has 0 aliphatic carbocycles. The van der Waals surface area contributed by atoms with E-state index in [0.717, 1.165) is 11.4 Å². The van der Waals surface area contributed by atoms with Crippen LogP contribution in [0, 0.1) is 0 Å². The molecule has 0 saturated carbocycles. The molecule has 2 heterocycles. The van der Waals surface area contributed by atoms with Gasteiger partial charge < -0.3 is 4.90 Å². The molecule has 0 N–H and O–H groups in total. The standard InChI is InChI=1S/C52H37NS2/c1-55(2)49-31-30-46-45-15-7-8-17-48(45)54-52(46)51(49)47-29-28-42(33-50(47)55)53(40-24-20-35(21-25-40)39-19-18-34-10-3-4-12-38(34)32-39)41-26-22-37(23-27-41)44-16-9-13-36-11-5-6-14-43(36)44/h3-33H,1-2H3. The maximum atomic E-state index is 2.49. The van der Waals surface area contributed by atoms with Gasteiger partial charge in [-0.15, -0.1) is 11.3 Å². The molecule has 1 aromatic heterocycles. The number of benzene rings is 9. The summed E-state index contributed by atoms with van der Waals surface area (Å²) in [6.07, 6.45) is 4.95. The second-order valence-corrected chi connectivity index (χ2v) is 19.5. The Kier molecular flexibility index (Phi) is 7.32. The molecular formula is C52H37NS2. The van der Waals surface area contributed by atoms with Crippen molar-refractivity contribution in [3.8, 4) is 33.4 Å². The number of nitrogens with zero attached hydrogens (tertiary/aromatic N) is 1. The predicted octanol–water partition coefficient (Wildman–Crippen LogP) is 15.6. The van der Waals surface area contributed by atoms with Gasteiger partial charge in [-0.3, -0.25) is 0 Å². The Morgan fingerprint density at radius 2 is 1.04 bits per heavy atom. The van der Waals surface area contributed by atoms with Crippen molar-refractivity contribution in [3.05, 3.63) is 188 Å². The van der Waals surface area contributed by atoms with Crippen molar-refractivity contribution in [2.24, 2.45) is 0 Å². The van der Waals surface area contributed by atoms with E-state index in [1.807, 2.05) is 11.3 Å². The number of fused-ring (bicyclic) bond motifs is 9. The van der Waals surface area contributed by atoms with Crippen molar-refractivity contribution in [3.63, 3.8) is 0 Å². The molecule has 0 atom stereocenters. The van der Waals surface area contributed by atoms with Gasteiger partial charge in [-0.05, 0) is 116 Å². The summed E-state index contributed by atoms with van der Waals surface area (Å²) in [5.41, 5.74) is 11.2. The number of hydrogen-bond donors (Lipinski definition) is 0. The van der Waals surface area contributed by atoms with Gasteiger partial charge >= 0.3 is 0 Å². The minimum Gasteiger partial charge on any atom is -0.310 e. The first-order valence-corrected chi connectivity index (χ1v) is 22.1. The Hall–Kier alpha value is -6.13. The normalized spacial score (nSPS) is 13.6. The lowest BCUT2D eigenvalue weighted by molar-refractivity contribution is 1.26. The molecule has 262 valence electrons. The van der Waals surface area contributed by atoms with Gasteiger partial charge in [0.1, 0.15) is 0 Å². The maximum Gasteiger partial charge on any atom is 0.0472 e. The average molecular weight is 740 g/mol. The molecule has 0 amide bonds. The van der Waals surface area contributed by atoms with E-state index in [2.05, 4.69) is 205 Å². The molecule has 55 heavy (non-hydrogen) atoms. The quantitative estimate of drug-likeness (QED) is 0.170. The summed E-state index contributed by atoms with van der Waals surface area (Å²) in [6, 6.07) is 69.7. The SMILES string of the molecule is CS1(C)c2cc(N(c3ccc(-c4ccc5ccccc5c4)cc3)c3ccc(-c4cccc5ccccc45)cc3)ccc2-c2c1ccc1c2sc2ccccc21. The highest BCUT2D eigenvalue weighted by Crippen LogP contribution is 2.69. The van der Waals surface area contributed by atoms with Crippen LogP contribution in [0.4, 0.5) is 17.1 Å². The Bertz CT molecular complexity index is 3110. The fourth-order valence-corrected chi connectivity index (χ4v) is 12.6. The summed E-state index contributed by atoms with van der Waals surface area (Å²) in [6.45, 7) is 0. The lowest BCUT2D eigenvalue weighted by atomic mass is 9.98. The highest BCUT2D eigenvalue weighted by molar-refractivity contribution is 8.33. The second-order valence-electron chi connectivity index (χ2n) is 14.9. The first-order valence-electron chi connectivity index (χ1n) is 18.8. The molecule has 1 aliphatic heterocycles. The number of hydrogen-bond acceptors (Lipinski definition) is 2. The van der Waals surface area contributed by atoms with E-state index in [1.165, 1.54) is 90.6 Å². The van der Waals surface area contributed by atoms with Crippen LogP contribution < -0.4 is 4.90 Å². The summed E-state index contributed by atoms with van der Waals surface area (Å²) < 4.78 is 2.77. The summed E-state index contributed by atoms with van der Waals surface area (Å²) in [5.74, 6) is 0. The highest BCUT2D eigenvalue weighted by atomic mass is 32.3. The van der Waals surface area contributed by atoms with E-state index in [1.54, 1.807) is 0 Å². The van der Waals surface area contributed by atoms with Gasteiger partial charge in [0.15, 0.2) is 0 Å². The summed E-state index contributed by atoms with van der Waals surface area (Å²) in [7, 11) is -1.26. The van der Waals surface area contributed by atoms with E-state index < -0.39 is 10.0 Å². The third kappa shape index (κ3) is 5.15. The zero-order chi connectivity index (χ0) is 36.7. The van der Waals surface area contributed by atoms with Crippen LogP contribution in [0.3, 0.4) is 0 Å². The molecule has 10 aromatic rings. The van der Waals surface area contributed by atoms with Gasteiger partial charge in [0.2, 0.25) is 0 Å². The second kappa shape index (κ2) is 12.5. The lowest BCUT2D eigenvalue weighted by Gasteiger charge is -2.31. The molecule has 1 aliphatic rings. The summed E-state index contributed by atoms with van der Waals surface area (Å²) >= 11 is 1.94. The van der Waals surface area contributed by atoms with E-state index in [-0.39, 0.29) is 0 Å². The molecular weight excluding hydrogens is 703 g/mol. The van der Waals surface area contributed by atoms with E-state index in [0.29, 0.717) is 0 Å². The van der Waals surface area contributed by atoms with Gasteiger partial charge in [0, 0.05) is 52.6 Å². The molecule has 0 radical (unpaired) electrons. The third-order valence-corrected chi connectivity index (χ3v) is 15.6. The van der Waals surface area contributed by atoms with Gasteiger partial charge in [0.25, 0.3) is 0 Å². The molecule has 0 spiro atoms. The smallest absolute Gasteiger partial charge is 0.0472 e. The molecule has 0 fully saturated rings. The summed E-state index contributed by atoms with van der Waals surface area (Å²) in [5, 5.41) is 7.77. The fourth-order valence-electron chi connectivity index (χ4n) is 8.73. The fraction of sp³-hybridized carbons (Fsp3) is 0.0385. The largest absolute Gasteiger partial charge is 0.310 e. The molecule has 9 aromatic carbocycles. The number of thiophene rings is 1. The maximum absolute atomic E-state index is 2.49. The third-order valence-electron chi connectivity index (χ3n) is 11.5. The van der Waals surface area contributed by atoms with Crippen LogP contribution in [-0.4, -0.2) is 12.5 Å². The molecule has 0 bridgehead atoms. The van der Waals surface area contributed by atoms with Crippen LogP contribution in [0.1, 0.15) is 0 Å². The van der Waals surface area contributed by atoms with Gasteiger partial charge in [-0.2, -0.15) is 10.0 Å². The van der Waals surface area contributed by atoms with E-state index >= 15 is 0 Å². The van der Waals surface area contributed by atoms with Gasteiger partial charge in [-0.25, -0.2) is 0 Å². The van der Waals surface area contributed by atoms with Crippen molar-refractivity contribution in [1.29, 1.82) is 0 Å². The minimum atomic E-state index is -1.26. The van der Waals surface area contributed by atoms with Crippen LogP contribution in [0.5, 0.6) is 0 Å².